The van der Waals surface area contributed by atoms with E-state index in [1.54, 1.807) is 6.33 Å². The van der Waals surface area contributed by atoms with Crippen LogP contribution >= 0.6 is 35.6 Å². The Kier molecular flexibility index (Phi) is 11.5. The van der Waals surface area contributed by atoms with E-state index in [-0.39, 0.29) is 30.1 Å². The molecule has 2 heterocycles. The third kappa shape index (κ3) is 8.39. The van der Waals surface area contributed by atoms with Crippen molar-refractivity contribution < 1.29 is 4.74 Å². The summed E-state index contributed by atoms with van der Waals surface area (Å²) in [4.78, 5) is 4.76. The second-order valence-corrected chi connectivity index (χ2v) is 7.64. The number of rotatable bonds is 9. The van der Waals surface area contributed by atoms with E-state index < -0.39 is 0 Å². The van der Waals surface area contributed by atoms with Crippen LogP contribution in [0.4, 0.5) is 0 Å². The number of hydrogen-bond donors (Lipinski definition) is 2. The number of halogens is 2. The molecule has 1 unspecified atom stereocenters. The van der Waals surface area contributed by atoms with Crippen molar-refractivity contribution >= 4 is 41.5 Å². The number of guanidine groups is 1. The molecule has 0 spiro atoms. The van der Waals surface area contributed by atoms with Gasteiger partial charge in [0.05, 0.1) is 12.6 Å². The molecule has 0 aliphatic carbocycles. The molecule has 1 saturated heterocycles. The number of ether oxygens (including phenoxy) is 1. The summed E-state index contributed by atoms with van der Waals surface area (Å²) in [5, 5.41) is 15.8. The van der Waals surface area contributed by atoms with Crippen LogP contribution in [0, 0.1) is 0 Å². The molecule has 1 aromatic carbocycles. The summed E-state index contributed by atoms with van der Waals surface area (Å²) >= 11 is 6.08. The summed E-state index contributed by atoms with van der Waals surface area (Å²) in [6.45, 7) is 5.94. The Morgan fingerprint density at radius 2 is 2.17 bits per heavy atom. The van der Waals surface area contributed by atoms with Gasteiger partial charge < -0.3 is 19.9 Å². The molecule has 30 heavy (non-hydrogen) atoms. The lowest BCUT2D eigenvalue weighted by Gasteiger charge is -2.21. The maximum atomic E-state index is 6.08. The Labute approximate surface area is 201 Å². The van der Waals surface area contributed by atoms with Crippen LogP contribution < -0.4 is 10.6 Å². The minimum atomic E-state index is 0. The average molecular weight is 547 g/mol. The third-order valence-electron chi connectivity index (χ3n) is 4.98. The van der Waals surface area contributed by atoms with Gasteiger partial charge in [0, 0.05) is 37.7 Å². The second kappa shape index (κ2) is 13.8. The molecule has 1 aliphatic rings. The van der Waals surface area contributed by atoms with Crippen LogP contribution in [0.3, 0.4) is 0 Å². The molecule has 1 fully saturated rings. The number of aryl methyl sites for hydroxylation is 1. The number of aromatic nitrogens is 3. The van der Waals surface area contributed by atoms with E-state index >= 15 is 0 Å². The Morgan fingerprint density at radius 3 is 2.93 bits per heavy atom. The Morgan fingerprint density at radius 1 is 1.30 bits per heavy atom. The Bertz CT molecular complexity index is 778. The SMILES string of the molecule is CCc1nncn1CCNC(=NCC1CCCCO1)NCCc1cccc(Cl)c1.I. The molecular formula is C21H32ClIN6O. The molecule has 7 nitrogen and oxygen atoms in total. The first-order valence-electron chi connectivity index (χ1n) is 10.5. The van der Waals surface area contributed by atoms with Crippen LogP contribution in [0.1, 0.15) is 37.6 Å². The highest BCUT2D eigenvalue weighted by Gasteiger charge is 2.13. The van der Waals surface area contributed by atoms with Crippen molar-refractivity contribution in [2.75, 3.05) is 26.2 Å². The predicted octanol–water partition coefficient (Wildman–Crippen LogP) is 3.46. The van der Waals surface area contributed by atoms with Gasteiger partial charge in [0.15, 0.2) is 5.96 Å². The number of aliphatic imine (C=N–C) groups is 1. The molecule has 0 saturated carbocycles. The highest BCUT2D eigenvalue weighted by atomic mass is 127. The van der Waals surface area contributed by atoms with Gasteiger partial charge in [-0.1, -0.05) is 30.7 Å². The minimum Gasteiger partial charge on any atom is -0.376 e. The van der Waals surface area contributed by atoms with Crippen LogP contribution in [0.5, 0.6) is 0 Å². The summed E-state index contributed by atoms with van der Waals surface area (Å²) in [5.41, 5.74) is 1.21. The largest absolute Gasteiger partial charge is 0.376 e. The van der Waals surface area contributed by atoms with Crippen molar-refractivity contribution in [3.05, 3.63) is 47.0 Å². The lowest BCUT2D eigenvalue weighted by atomic mass is 10.1. The highest BCUT2D eigenvalue weighted by Crippen LogP contribution is 2.13. The molecule has 166 valence electrons. The topological polar surface area (TPSA) is 76.4 Å². The molecule has 0 amide bonds. The van der Waals surface area contributed by atoms with E-state index in [1.165, 1.54) is 12.0 Å². The van der Waals surface area contributed by atoms with Crippen molar-refractivity contribution in [2.45, 2.75) is 51.7 Å². The van der Waals surface area contributed by atoms with Gasteiger partial charge in [0.1, 0.15) is 12.2 Å². The lowest BCUT2D eigenvalue weighted by molar-refractivity contribution is 0.0224. The Balaban J connectivity index is 0.00000320. The second-order valence-electron chi connectivity index (χ2n) is 7.21. The van der Waals surface area contributed by atoms with E-state index in [4.69, 9.17) is 21.3 Å². The number of benzene rings is 1. The first-order chi connectivity index (χ1) is 14.2. The van der Waals surface area contributed by atoms with E-state index in [0.717, 1.165) is 68.7 Å². The minimum absolute atomic E-state index is 0. The first-order valence-corrected chi connectivity index (χ1v) is 10.9. The monoisotopic (exact) mass is 546 g/mol. The summed E-state index contributed by atoms with van der Waals surface area (Å²) in [5.74, 6) is 1.81. The van der Waals surface area contributed by atoms with E-state index in [0.29, 0.717) is 6.54 Å². The van der Waals surface area contributed by atoms with Crippen LogP contribution in [0.25, 0.3) is 0 Å². The maximum absolute atomic E-state index is 6.08. The van der Waals surface area contributed by atoms with Crippen molar-refractivity contribution in [2.24, 2.45) is 4.99 Å². The van der Waals surface area contributed by atoms with E-state index in [9.17, 15) is 0 Å². The predicted molar refractivity (Wildman–Crippen MR) is 132 cm³/mol. The zero-order chi connectivity index (χ0) is 20.3. The first kappa shape index (κ1) is 24.9. The van der Waals surface area contributed by atoms with Crippen LogP contribution in [0.15, 0.2) is 35.6 Å². The summed E-state index contributed by atoms with van der Waals surface area (Å²) < 4.78 is 7.88. The zero-order valence-electron chi connectivity index (χ0n) is 17.5. The molecule has 0 bridgehead atoms. The van der Waals surface area contributed by atoms with Gasteiger partial charge in [-0.2, -0.15) is 0 Å². The van der Waals surface area contributed by atoms with E-state index in [1.807, 2.05) is 18.2 Å². The van der Waals surface area contributed by atoms with Gasteiger partial charge in [0.25, 0.3) is 0 Å². The van der Waals surface area contributed by atoms with Crippen LogP contribution in [-0.4, -0.2) is 53.1 Å². The van der Waals surface area contributed by atoms with Crippen molar-refractivity contribution in [1.82, 2.24) is 25.4 Å². The molecule has 0 radical (unpaired) electrons. The third-order valence-corrected chi connectivity index (χ3v) is 5.21. The molecule has 3 rings (SSSR count). The summed E-state index contributed by atoms with van der Waals surface area (Å²) in [6, 6.07) is 7.97. The zero-order valence-corrected chi connectivity index (χ0v) is 20.6. The van der Waals surface area contributed by atoms with Crippen molar-refractivity contribution in [3.63, 3.8) is 0 Å². The van der Waals surface area contributed by atoms with Gasteiger partial charge >= 0.3 is 0 Å². The Hall–Kier alpha value is -1.39. The number of nitrogens with one attached hydrogen (secondary N) is 2. The smallest absolute Gasteiger partial charge is 0.191 e. The molecule has 1 aliphatic heterocycles. The van der Waals surface area contributed by atoms with Gasteiger partial charge in [-0.05, 0) is 43.4 Å². The van der Waals surface area contributed by atoms with Gasteiger partial charge in [0.2, 0.25) is 0 Å². The van der Waals surface area contributed by atoms with Gasteiger partial charge in [-0.15, -0.1) is 34.2 Å². The molecular weight excluding hydrogens is 515 g/mol. The van der Waals surface area contributed by atoms with Crippen molar-refractivity contribution in [3.8, 4) is 0 Å². The van der Waals surface area contributed by atoms with Crippen LogP contribution in [0.2, 0.25) is 5.02 Å². The lowest BCUT2D eigenvalue weighted by Crippen LogP contribution is -2.40. The fraction of sp³-hybridized carbons (Fsp3) is 0.571. The standard InChI is InChI=1S/C21H31ClN6O.HI/c1-2-20-27-26-16-28(20)12-11-24-21(25-15-19-8-3-4-13-29-19)23-10-9-17-6-5-7-18(22)14-17;/h5-7,14,16,19H,2-4,8-13,15H2,1H3,(H2,23,24,25);1H. The molecule has 2 N–H and O–H groups in total. The van der Waals surface area contributed by atoms with Crippen LogP contribution in [-0.2, 0) is 24.1 Å². The summed E-state index contributed by atoms with van der Waals surface area (Å²) in [6.07, 6.45) is 7.21. The highest BCUT2D eigenvalue weighted by molar-refractivity contribution is 14.0. The fourth-order valence-corrected chi connectivity index (χ4v) is 3.58. The molecule has 1 atom stereocenters. The number of nitrogens with zero attached hydrogens (tertiary/aromatic N) is 4. The fourth-order valence-electron chi connectivity index (χ4n) is 3.37. The average Bonchev–Trinajstić information content (AvgIpc) is 3.20. The number of hydrogen-bond acceptors (Lipinski definition) is 4. The van der Waals surface area contributed by atoms with Gasteiger partial charge in [-0.25, -0.2) is 0 Å². The molecule has 9 heteroatoms. The van der Waals surface area contributed by atoms with E-state index in [2.05, 4.69) is 38.4 Å². The maximum Gasteiger partial charge on any atom is 0.191 e. The molecule has 1 aromatic heterocycles. The van der Waals surface area contributed by atoms with Gasteiger partial charge in [-0.3, -0.25) is 4.99 Å². The summed E-state index contributed by atoms with van der Waals surface area (Å²) in [7, 11) is 0. The quantitative estimate of drug-likeness (QED) is 0.286. The molecule has 2 aromatic rings. The van der Waals surface area contributed by atoms with Crippen molar-refractivity contribution in [1.29, 1.82) is 0 Å². The normalized spacial score (nSPS) is 16.7.